The number of amides is 1. The van der Waals surface area contributed by atoms with Crippen molar-refractivity contribution in [3.63, 3.8) is 0 Å². The monoisotopic (exact) mass is 562 g/mol. The Kier molecular flexibility index (Phi) is 8.69. The Morgan fingerprint density at radius 3 is 2.40 bits per heavy atom. The topological polar surface area (TPSA) is 115 Å². The highest BCUT2D eigenvalue weighted by atomic mass is 32.1. The molecule has 1 aliphatic heterocycles. The number of esters is 1. The number of aliphatic hydroxyl groups excluding tert-OH is 1. The zero-order valence-electron chi connectivity index (χ0n) is 22.7. The molecule has 2 heterocycles. The van der Waals surface area contributed by atoms with Gasteiger partial charge in [-0.25, -0.2) is 9.78 Å². The van der Waals surface area contributed by atoms with Gasteiger partial charge in [-0.1, -0.05) is 36.1 Å². The van der Waals surface area contributed by atoms with E-state index in [-0.39, 0.29) is 27.9 Å². The maximum Gasteiger partial charge on any atom is 0.350 e. The fraction of sp³-hybridized carbons (Fsp3) is 0.267. The number of aryl methyl sites for hydroxylation is 2. The predicted molar refractivity (Wildman–Crippen MR) is 152 cm³/mol. The number of hydrogen-bond acceptors (Lipinski definition) is 9. The first-order valence-electron chi connectivity index (χ1n) is 12.7. The second-order valence-electron chi connectivity index (χ2n) is 8.88. The van der Waals surface area contributed by atoms with Gasteiger partial charge in [-0.3, -0.25) is 14.5 Å². The quantitative estimate of drug-likeness (QED) is 0.113. The lowest BCUT2D eigenvalue weighted by Gasteiger charge is -2.23. The van der Waals surface area contributed by atoms with Gasteiger partial charge in [0.1, 0.15) is 28.7 Å². The first-order chi connectivity index (χ1) is 19.2. The number of carbonyl (C=O) groups excluding carboxylic acids is 3. The molecule has 3 aromatic rings. The number of nitrogens with zero attached hydrogens (tertiary/aromatic N) is 2. The second kappa shape index (κ2) is 12.2. The van der Waals surface area contributed by atoms with Crippen LogP contribution in [0.25, 0.3) is 5.76 Å². The van der Waals surface area contributed by atoms with Gasteiger partial charge in [0.15, 0.2) is 5.13 Å². The van der Waals surface area contributed by atoms with Crippen molar-refractivity contribution in [2.24, 2.45) is 0 Å². The normalized spacial score (nSPS) is 16.2. The Balaban J connectivity index is 1.88. The third-order valence-corrected chi connectivity index (χ3v) is 7.36. The van der Waals surface area contributed by atoms with Gasteiger partial charge in [-0.05, 0) is 69.2 Å². The summed E-state index contributed by atoms with van der Waals surface area (Å²) in [4.78, 5) is 45.4. The van der Waals surface area contributed by atoms with Crippen molar-refractivity contribution in [2.45, 2.75) is 33.7 Å². The summed E-state index contributed by atoms with van der Waals surface area (Å²) in [5, 5.41) is 11.6. The molecular weight excluding hydrogens is 532 g/mol. The van der Waals surface area contributed by atoms with Gasteiger partial charge < -0.3 is 19.3 Å². The molecule has 1 N–H and O–H groups in total. The third kappa shape index (κ3) is 5.48. The van der Waals surface area contributed by atoms with Crippen LogP contribution in [-0.4, -0.2) is 47.6 Å². The summed E-state index contributed by atoms with van der Waals surface area (Å²) in [7, 11) is 0. The predicted octanol–water partition coefficient (Wildman–Crippen LogP) is 5.53. The molecule has 1 aliphatic rings. The van der Waals surface area contributed by atoms with Crippen LogP contribution in [0.4, 0.5) is 5.13 Å². The van der Waals surface area contributed by atoms with E-state index in [2.05, 4.69) is 11.6 Å². The Morgan fingerprint density at radius 1 is 1.07 bits per heavy atom. The fourth-order valence-electron chi connectivity index (χ4n) is 4.42. The van der Waals surface area contributed by atoms with Crippen molar-refractivity contribution in [2.75, 3.05) is 24.7 Å². The molecule has 1 atom stereocenters. The van der Waals surface area contributed by atoms with Crippen molar-refractivity contribution < 1.29 is 33.7 Å². The minimum absolute atomic E-state index is 0.0949. The second-order valence-corrected chi connectivity index (χ2v) is 9.86. The van der Waals surface area contributed by atoms with Crippen molar-refractivity contribution in [3.05, 3.63) is 88.0 Å². The van der Waals surface area contributed by atoms with Gasteiger partial charge in [-0.15, -0.1) is 0 Å². The molecule has 1 aromatic heterocycles. The van der Waals surface area contributed by atoms with E-state index in [9.17, 15) is 19.5 Å². The number of anilines is 1. The number of ether oxygens (including phenoxy) is 3. The average molecular weight is 563 g/mol. The lowest BCUT2D eigenvalue weighted by Crippen LogP contribution is -2.29. The summed E-state index contributed by atoms with van der Waals surface area (Å²) in [6, 6.07) is 10.9. The maximum atomic E-state index is 13.5. The van der Waals surface area contributed by atoms with E-state index in [1.54, 1.807) is 69.3 Å². The number of rotatable bonds is 10. The van der Waals surface area contributed by atoms with Gasteiger partial charge in [0, 0.05) is 5.56 Å². The number of Topliss-reactive ketones (excluding diaryl/α,β-unsaturated/α-hetero) is 1. The lowest BCUT2D eigenvalue weighted by atomic mass is 9.94. The maximum absolute atomic E-state index is 13.5. The molecule has 0 bridgehead atoms. The Bertz CT molecular complexity index is 1490. The molecule has 0 spiro atoms. The van der Waals surface area contributed by atoms with Gasteiger partial charge >= 0.3 is 11.9 Å². The average Bonchev–Trinajstić information content (AvgIpc) is 3.44. The van der Waals surface area contributed by atoms with Crippen molar-refractivity contribution >= 4 is 39.9 Å². The highest BCUT2D eigenvalue weighted by Crippen LogP contribution is 2.44. The summed E-state index contributed by atoms with van der Waals surface area (Å²) < 4.78 is 16.3. The van der Waals surface area contributed by atoms with E-state index in [1.165, 1.54) is 4.90 Å². The van der Waals surface area contributed by atoms with E-state index in [0.29, 0.717) is 47.1 Å². The van der Waals surface area contributed by atoms with Crippen LogP contribution in [-0.2, 0) is 14.3 Å². The zero-order chi connectivity index (χ0) is 29.0. The molecule has 0 radical (unpaired) electrons. The first kappa shape index (κ1) is 28.6. The minimum atomic E-state index is -1.01. The molecule has 1 fully saturated rings. The molecule has 1 saturated heterocycles. The largest absolute Gasteiger partial charge is 0.507 e. The molecule has 1 amide bonds. The number of aromatic nitrogens is 1. The smallest absolute Gasteiger partial charge is 0.350 e. The van der Waals surface area contributed by atoms with Crippen molar-refractivity contribution in [1.29, 1.82) is 0 Å². The highest BCUT2D eigenvalue weighted by Gasteiger charge is 2.48. The Hall–Kier alpha value is -4.44. The highest BCUT2D eigenvalue weighted by molar-refractivity contribution is 7.17. The summed E-state index contributed by atoms with van der Waals surface area (Å²) in [5.74, 6) is -1.44. The number of benzene rings is 2. The van der Waals surface area contributed by atoms with Gasteiger partial charge in [0.25, 0.3) is 5.78 Å². The number of carbonyl (C=O) groups is 3. The number of aliphatic hydroxyl groups is 1. The summed E-state index contributed by atoms with van der Waals surface area (Å²) in [5.41, 5.74) is 1.87. The minimum Gasteiger partial charge on any atom is -0.507 e. The van der Waals surface area contributed by atoms with Crippen LogP contribution in [0.2, 0.25) is 0 Å². The summed E-state index contributed by atoms with van der Waals surface area (Å²) >= 11 is 0.954. The van der Waals surface area contributed by atoms with Crippen LogP contribution in [0, 0.1) is 13.8 Å². The van der Waals surface area contributed by atoms with Crippen LogP contribution in [0.5, 0.6) is 11.5 Å². The molecule has 4 rings (SSSR count). The van der Waals surface area contributed by atoms with Crippen LogP contribution < -0.4 is 14.4 Å². The number of thiazole rings is 1. The summed E-state index contributed by atoms with van der Waals surface area (Å²) in [6.07, 6.45) is 1.62. The van der Waals surface area contributed by atoms with Crippen LogP contribution in [0.15, 0.2) is 60.7 Å². The molecular formula is C30H30N2O7S. The third-order valence-electron chi connectivity index (χ3n) is 6.22. The molecule has 0 aliphatic carbocycles. The number of ketones is 1. The van der Waals surface area contributed by atoms with E-state index >= 15 is 0 Å². The molecule has 40 heavy (non-hydrogen) atoms. The fourth-order valence-corrected chi connectivity index (χ4v) is 5.41. The van der Waals surface area contributed by atoms with Gasteiger partial charge in [0.05, 0.1) is 30.5 Å². The SMILES string of the molecule is C=CCOc1ccc(C2/C(=C(\O)c3ccc(OCC)cc3C)C(=O)C(=O)N2c2nc(C)c(C(=O)OCC)s2)cc1. The first-order valence-corrected chi connectivity index (χ1v) is 13.6. The lowest BCUT2D eigenvalue weighted by molar-refractivity contribution is -0.132. The van der Waals surface area contributed by atoms with E-state index in [0.717, 1.165) is 11.3 Å². The molecule has 9 nitrogen and oxygen atoms in total. The molecule has 0 saturated carbocycles. The molecule has 10 heteroatoms. The van der Waals surface area contributed by atoms with E-state index in [1.807, 2.05) is 6.92 Å². The van der Waals surface area contributed by atoms with Crippen LogP contribution >= 0.6 is 11.3 Å². The van der Waals surface area contributed by atoms with Gasteiger partial charge in [-0.2, -0.15) is 0 Å². The Labute approximate surface area is 236 Å². The van der Waals surface area contributed by atoms with Gasteiger partial charge in [0.2, 0.25) is 0 Å². The van der Waals surface area contributed by atoms with E-state index in [4.69, 9.17) is 14.2 Å². The molecule has 2 aromatic carbocycles. The van der Waals surface area contributed by atoms with E-state index < -0.39 is 23.7 Å². The van der Waals surface area contributed by atoms with Crippen LogP contribution in [0.3, 0.4) is 0 Å². The van der Waals surface area contributed by atoms with Crippen LogP contribution in [0.1, 0.15) is 51.9 Å². The van der Waals surface area contributed by atoms with Crippen molar-refractivity contribution in [3.8, 4) is 11.5 Å². The zero-order valence-corrected chi connectivity index (χ0v) is 23.5. The Morgan fingerprint density at radius 2 is 1.77 bits per heavy atom. The summed E-state index contributed by atoms with van der Waals surface area (Å²) in [6.45, 7) is 11.6. The standard InChI is InChI=1S/C30H30N2O7S/c1-6-15-39-20-11-9-19(10-12-20)24-23(25(33)22-14-13-21(37-7-2)16-17(22)4)26(34)28(35)32(24)30-31-18(5)27(40-30)29(36)38-8-3/h6,9-14,16,24,33H,1,7-8,15H2,2-5H3/b25-23+. The molecule has 1 unspecified atom stereocenters. The van der Waals surface area contributed by atoms with Crippen molar-refractivity contribution in [1.82, 2.24) is 4.98 Å². The number of hydrogen-bond donors (Lipinski definition) is 1. The molecule has 208 valence electrons.